The number of furan rings is 1. The number of nitrogens with one attached hydrogen (secondary N) is 2. The van der Waals surface area contributed by atoms with Crippen molar-refractivity contribution >= 4 is 17.9 Å². The van der Waals surface area contributed by atoms with Crippen LogP contribution in [-0.4, -0.2) is 11.8 Å². The molecule has 1 aromatic heterocycles. The molecular formula is C29H26N2O3. The number of rotatable bonds is 7. The Hall–Kier alpha value is -4.38. The van der Waals surface area contributed by atoms with Crippen molar-refractivity contribution in [1.29, 1.82) is 0 Å². The van der Waals surface area contributed by atoms with Crippen LogP contribution < -0.4 is 10.6 Å². The molecule has 0 unspecified atom stereocenters. The Morgan fingerprint density at radius 2 is 1.47 bits per heavy atom. The monoisotopic (exact) mass is 450 g/mol. The lowest BCUT2D eigenvalue weighted by Crippen LogP contribution is -2.37. The summed E-state index contributed by atoms with van der Waals surface area (Å²) in [5.74, 6) is -0.327. The predicted molar refractivity (Wildman–Crippen MR) is 133 cm³/mol. The van der Waals surface area contributed by atoms with Crippen LogP contribution in [0.4, 0.5) is 0 Å². The number of hydrogen-bond donors (Lipinski definition) is 2. The summed E-state index contributed by atoms with van der Waals surface area (Å²) in [7, 11) is 0. The van der Waals surface area contributed by atoms with Gasteiger partial charge in [-0.2, -0.15) is 0 Å². The Balaban J connectivity index is 1.66. The van der Waals surface area contributed by atoms with Gasteiger partial charge in [-0.15, -0.1) is 0 Å². The van der Waals surface area contributed by atoms with Crippen molar-refractivity contribution in [3.63, 3.8) is 0 Å². The normalized spacial score (nSPS) is 12.1. The van der Waals surface area contributed by atoms with Gasteiger partial charge in [-0.25, -0.2) is 0 Å². The van der Waals surface area contributed by atoms with Gasteiger partial charge in [0.15, 0.2) is 0 Å². The van der Waals surface area contributed by atoms with Gasteiger partial charge in [-0.3, -0.25) is 9.59 Å². The minimum Gasteiger partial charge on any atom is -0.465 e. The van der Waals surface area contributed by atoms with Crippen LogP contribution >= 0.6 is 0 Å². The van der Waals surface area contributed by atoms with Crippen LogP contribution in [0, 0.1) is 13.8 Å². The standard InChI is InChI=1S/C29H26N2O3/c1-20-14-16-23(17-15-20)27(22-10-4-3-5-11-22)31-29(33)26(19-24-12-8-18-34-24)30-28(32)25-13-7-6-9-21(25)2/h3-19,27H,1-2H3,(H,30,32)(H,31,33)/b26-19-/t27-/m1/s1. The third-order valence-corrected chi connectivity index (χ3v) is 5.53. The van der Waals surface area contributed by atoms with Crippen molar-refractivity contribution in [1.82, 2.24) is 10.6 Å². The van der Waals surface area contributed by atoms with Gasteiger partial charge < -0.3 is 15.1 Å². The van der Waals surface area contributed by atoms with E-state index >= 15 is 0 Å². The maximum Gasteiger partial charge on any atom is 0.268 e. The molecule has 4 rings (SSSR count). The number of hydrogen-bond acceptors (Lipinski definition) is 3. The molecule has 0 radical (unpaired) electrons. The fraction of sp³-hybridized carbons (Fsp3) is 0.103. The molecule has 0 aliphatic rings. The molecule has 0 fully saturated rings. The molecular weight excluding hydrogens is 424 g/mol. The second kappa shape index (κ2) is 10.5. The van der Waals surface area contributed by atoms with E-state index in [-0.39, 0.29) is 11.6 Å². The number of carbonyl (C=O) groups excluding carboxylic acids is 2. The van der Waals surface area contributed by atoms with Crippen LogP contribution in [0.2, 0.25) is 0 Å². The van der Waals surface area contributed by atoms with Crippen LogP contribution in [0.25, 0.3) is 6.08 Å². The second-order valence-corrected chi connectivity index (χ2v) is 8.07. The zero-order valence-electron chi connectivity index (χ0n) is 19.1. The number of amides is 2. The molecule has 0 bridgehead atoms. The fourth-order valence-electron chi connectivity index (χ4n) is 3.66. The Labute approximate surface area is 199 Å². The van der Waals surface area contributed by atoms with Crippen LogP contribution in [0.3, 0.4) is 0 Å². The fourth-order valence-corrected chi connectivity index (χ4v) is 3.66. The van der Waals surface area contributed by atoms with E-state index in [0.717, 1.165) is 22.3 Å². The SMILES string of the molecule is Cc1ccc([C@H](NC(=O)/C(=C/c2ccco2)NC(=O)c2ccccc2C)c2ccccc2)cc1. The lowest BCUT2D eigenvalue weighted by atomic mass is 9.97. The molecule has 0 saturated heterocycles. The van der Waals surface area contributed by atoms with E-state index in [1.165, 1.54) is 12.3 Å². The predicted octanol–water partition coefficient (Wildman–Crippen LogP) is 5.57. The van der Waals surface area contributed by atoms with Gasteiger partial charge in [-0.1, -0.05) is 78.4 Å². The van der Waals surface area contributed by atoms with Crippen molar-refractivity contribution < 1.29 is 14.0 Å². The van der Waals surface area contributed by atoms with Crippen molar-refractivity contribution in [3.8, 4) is 0 Å². The summed E-state index contributed by atoms with van der Waals surface area (Å²) in [4.78, 5) is 26.5. The first-order valence-corrected chi connectivity index (χ1v) is 11.1. The van der Waals surface area contributed by atoms with Crippen molar-refractivity contribution in [2.75, 3.05) is 0 Å². The quantitative estimate of drug-likeness (QED) is 0.362. The molecule has 0 aliphatic carbocycles. The third kappa shape index (κ3) is 5.51. The molecule has 5 heteroatoms. The summed E-state index contributed by atoms with van der Waals surface area (Å²) in [6, 6.07) is 28.0. The Bertz CT molecular complexity index is 1290. The second-order valence-electron chi connectivity index (χ2n) is 8.07. The topological polar surface area (TPSA) is 71.3 Å². The first-order chi connectivity index (χ1) is 16.5. The first-order valence-electron chi connectivity index (χ1n) is 11.1. The molecule has 4 aromatic rings. The number of benzene rings is 3. The zero-order valence-corrected chi connectivity index (χ0v) is 19.1. The minimum absolute atomic E-state index is 0.0937. The minimum atomic E-state index is -0.423. The largest absolute Gasteiger partial charge is 0.465 e. The van der Waals surface area contributed by atoms with Crippen molar-refractivity contribution in [2.45, 2.75) is 19.9 Å². The van der Waals surface area contributed by atoms with Gasteiger partial charge in [0.1, 0.15) is 11.5 Å². The van der Waals surface area contributed by atoms with Crippen LogP contribution in [0.15, 0.2) is 107 Å². The summed E-state index contributed by atoms with van der Waals surface area (Å²) in [5.41, 5.74) is 4.41. The number of aryl methyl sites for hydroxylation is 2. The van der Waals surface area contributed by atoms with E-state index < -0.39 is 11.9 Å². The highest BCUT2D eigenvalue weighted by Gasteiger charge is 2.22. The molecule has 5 nitrogen and oxygen atoms in total. The molecule has 1 heterocycles. The summed E-state index contributed by atoms with van der Waals surface area (Å²) in [6.45, 7) is 3.87. The van der Waals surface area contributed by atoms with Crippen LogP contribution in [0.5, 0.6) is 0 Å². The molecule has 1 atom stereocenters. The molecule has 0 aliphatic heterocycles. The maximum atomic E-state index is 13.5. The highest BCUT2D eigenvalue weighted by Crippen LogP contribution is 2.23. The summed E-state index contributed by atoms with van der Waals surface area (Å²) in [5, 5.41) is 5.87. The molecule has 0 saturated carbocycles. The van der Waals surface area contributed by atoms with Crippen molar-refractivity contribution in [2.24, 2.45) is 0 Å². The smallest absolute Gasteiger partial charge is 0.268 e. The Morgan fingerprint density at radius 3 is 2.15 bits per heavy atom. The molecule has 2 N–H and O–H groups in total. The van der Waals surface area contributed by atoms with Gasteiger partial charge in [0.25, 0.3) is 11.8 Å². The lowest BCUT2D eigenvalue weighted by molar-refractivity contribution is -0.118. The average Bonchev–Trinajstić information content (AvgIpc) is 3.36. The zero-order chi connectivity index (χ0) is 23.9. The highest BCUT2D eigenvalue weighted by molar-refractivity contribution is 6.05. The van der Waals surface area contributed by atoms with Crippen LogP contribution in [0.1, 0.15) is 44.4 Å². The van der Waals surface area contributed by atoms with Gasteiger partial charge in [0.05, 0.1) is 12.3 Å². The van der Waals surface area contributed by atoms with Crippen LogP contribution in [-0.2, 0) is 4.79 Å². The molecule has 34 heavy (non-hydrogen) atoms. The van der Waals surface area contributed by atoms with E-state index in [1.54, 1.807) is 24.3 Å². The Morgan fingerprint density at radius 1 is 0.794 bits per heavy atom. The third-order valence-electron chi connectivity index (χ3n) is 5.53. The van der Waals surface area contributed by atoms with E-state index in [2.05, 4.69) is 10.6 Å². The van der Waals surface area contributed by atoms with E-state index in [9.17, 15) is 9.59 Å². The maximum absolute atomic E-state index is 13.5. The van der Waals surface area contributed by atoms with Gasteiger partial charge >= 0.3 is 0 Å². The Kier molecular flexibility index (Phi) is 7.04. The van der Waals surface area contributed by atoms with Crippen molar-refractivity contribution in [3.05, 3.63) is 137 Å². The van der Waals surface area contributed by atoms with E-state index in [1.807, 2.05) is 80.6 Å². The van der Waals surface area contributed by atoms with Gasteiger partial charge in [0, 0.05) is 11.6 Å². The molecule has 170 valence electrons. The van der Waals surface area contributed by atoms with Gasteiger partial charge in [0.2, 0.25) is 0 Å². The highest BCUT2D eigenvalue weighted by atomic mass is 16.3. The number of carbonyl (C=O) groups is 2. The lowest BCUT2D eigenvalue weighted by Gasteiger charge is -2.21. The first kappa shape index (κ1) is 22.8. The summed E-state index contributed by atoms with van der Waals surface area (Å²) >= 11 is 0. The average molecular weight is 451 g/mol. The summed E-state index contributed by atoms with van der Waals surface area (Å²) in [6.07, 6.45) is 3.05. The molecule has 2 amide bonds. The van der Waals surface area contributed by atoms with Gasteiger partial charge in [-0.05, 0) is 48.7 Å². The summed E-state index contributed by atoms with van der Waals surface area (Å²) < 4.78 is 5.40. The van der Waals surface area contributed by atoms with E-state index in [4.69, 9.17) is 4.42 Å². The molecule has 3 aromatic carbocycles. The molecule has 0 spiro atoms. The van der Waals surface area contributed by atoms with E-state index in [0.29, 0.717) is 11.3 Å².